The van der Waals surface area contributed by atoms with Gasteiger partial charge in [-0.25, -0.2) is 9.97 Å². The van der Waals surface area contributed by atoms with Gasteiger partial charge in [-0.3, -0.25) is 0 Å². The minimum Gasteiger partial charge on any atom is -0.339 e. The minimum absolute atomic E-state index is 0.502. The third kappa shape index (κ3) is 4.10. The Morgan fingerprint density at radius 1 is 1.32 bits per heavy atom. The summed E-state index contributed by atoms with van der Waals surface area (Å²) in [5.41, 5.74) is 0.697. The average Bonchev–Trinajstić information content (AvgIpc) is 2.83. The topological polar surface area (TPSA) is 76.7 Å². The first kappa shape index (κ1) is 13.6. The van der Waals surface area contributed by atoms with E-state index in [1.807, 2.05) is 6.92 Å². The van der Waals surface area contributed by atoms with Crippen LogP contribution >= 0.6 is 0 Å². The van der Waals surface area contributed by atoms with Crippen LogP contribution in [0, 0.1) is 6.92 Å². The zero-order valence-corrected chi connectivity index (χ0v) is 11.6. The van der Waals surface area contributed by atoms with Gasteiger partial charge in [0, 0.05) is 18.7 Å². The number of hydrogen-bond donors (Lipinski definition) is 1. The first-order valence-electron chi connectivity index (χ1n) is 6.51. The Bertz CT molecular complexity index is 523. The number of nitrogens with zero attached hydrogens (tertiary/aromatic N) is 4. The molecule has 2 aromatic heterocycles. The monoisotopic (exact) mass is 261 g/mol. The van der Waals surface area contributed by atoms with Crippen molar-refractivity contribution in [2.45, 2.75) is 39.7 Å². The van der Waals surface area contributed by atoms with E-state index in [-0.39, 0.29) is 0 Å². The Hall–Kier alpha value is -1.82. The Labute approximate surface area is 112 Å². The molecule has 1 N–H and O–H groups in total. The smallest absolute Gasteiger partial charge is 0.227 e. The number of nitrogens with one attached hydrogen (secondary N) is 1. The minimum atomic E-state index is 0.502. The predicted molar refractivity (Wildman–Crippen MR) is 71.5 cm³/mol. The van der Waals surface area contributed by atoms with Crippen LogP contribution in [0.25, 0.3) is 11.5 Å². The molecule has 2 heterocycles. The van der Waals surface area contributed by atoms with Crippen LogP contribution in [-0.2, 0) is 6.42 Å². The van der Waals surface area contributed by atoms with Crippen molar-refractivity contribution >= 4 is 0 Å². The molecular formula is C13H19N5O. The Kier molecular flexibility index (Phi) is 4.57. The Balaban J connectivity index is 1.92. The summed E-state index contributed by atoms with van der Waals surface area (Å²) in [6.45, 7) is 7.04. The van der Waals surface area contributed by atoms with E-state index >= 15 is 0 Å². The highest BCUT2D eigenvalue weighted by atomic mass is 16.5. The highest BCUT2D eigenvalue weighted by molar-refractivity contribution is 5.46. The average molecular weight is 261 g/mol. The lowest BCUT2D eigenvalue weighted by molar-refractivity contribution is 0.374. The quantitative estimate of drug-likeness (QED) is 0.798. The molecule has 102 valence electrons. The number of aryl methyl sites for hydroxylation is 2. The van der Waals surface area contributed by atoms with Crippen molar-refractivity contribution in [1.82, 2.24) is 25.4 Å². The molecule has 0 saturated heterocycles. The first-order valence-corrected chi connectivity index (χ1v) is 6.51. The van der Waals surface area contributed by atoms with Gasteiger partial charge < -0.3 is 9.84 Å². The van der Waals surface area contributed by atoms with E-state index in [9.17, 15) is 0 Å². The SMILES string of the molecule is Cc1nccc(-c2noc(CCCNC(C)C)n2)n1. The van der Waals surface area contributed by atoms with Gasteiger partial charge in [0.25, 0.3) is 0 Å². The van der Waals surface area contributed by atoms with Crippen molar-refractivity contribution in [2.24, 2.45) is 0 Å². The lowest BCUT2D eigenvalue weighted by Crippen LogP contribution is -2.23. The molecule has 0 aliphatic rings. The molecule has 0 spiro atoms. The van der Waals surface area contributed by atoms with Crippen molar-refractivity contribution in [1.29, 1.82) is 0 Å². The largest absolute Gasteiger partial charge is 0.339 e. The predicted octanol–water partition coefficient (Wildman–Crippen LogP) is 1.77. The summed E-state index contributed by atoms with van der Waals surface area (Å²) in [4.78, 5) is 12.7. The second-order valence-electron chi connectivity index (χ2n) is 4.71. The van der Waals surface area contributed by atoms with Crippen LogP contribution in [0.2, 0.25) is 0 Å². The second-order valence-corrected chi connectivity index (χ2v) is 4.71. The van der Waals surface area contributed by atoms with Crippen LogP contribution in [-0.4, -0.2) is 32.7 Å². The maximum absolute atomic E-state index is 5.22. The molecule has 0 aliphatic carbocycles. The fraction of sp³-hybridized carbons (Fsp3) is 0.538. The fourth-order valence-electron chi connectivity index (χ4n) is 1.67. The van der Waals surface area contributed by atoms with Crippen LogP contribution in [0.15, 0.2) is 16.8 Å². The van der Waals surface area contributed by atoms with Gasteiger partial charge in [-0.2, -0.15) is 4.98 Å². The molecule has 0 fully saturated rings. The van der Waals surface area contributed by atoms with Crippen molar-refractivity contribution in [2.75, 3.05) is 6.54 Å². The summed E-state index contributed by atoms with van der Waals surface area (Å²) in [5.74, 6) is 1.87. The number of aromatic nitrogens is 4. The zero-order chi connectivity index (χ0) is 13.7. The third-order valence-electron chi connectivity index (χ3n) is 2.59. The summed E-state index contributed by atoms with van der Waals surface area (Å²) in [6, 6.07) is 2.28. The Morgan fingerprint density at radius 3 is 2.89 bits per heavy atom. The van der Waals surface area contributed by atoms with Gasteiger partial charge >= 0.3 is 0 Å². The molecule has 0 aromatic carbocycles. The molecule has 0 saturated carbocycles. The van der Waals surface area contributed by atoms with Gasteiger partial charge in [0.05, 0.1) is 0 Å². The highest BCUT2D eigenvalue weighted by Gasteiger charge is 2.09. The fourth-order valence-corrected chi connectivity index (χ4v) is 1.67. The highest BCUT2D eigenvalue weighted by Crippen LogP contribution is 2.12. The molecule has 6 heteroatoms. The van der Waals surface area contributed by atoms with E-state index in [1.54, 1.807) is 12.3 Å². The van der Waals surface area contributed by atoms with E-state index in [0.29, 0.717) is 29.3 Å². The van der Waals surface area contributed by atoms with Gasteiger partial charge in [0.1, 0.15) is 11.5 Å². The van der Waals surface area contributed by atoms with Crippen molar-refractivity contribution < 1.29 is 4.52 Å². The van der Waals surface area contributed by atoms with E-state index in [0.717, 1.165) is 19.4 Å². The summed E-state index contributed by atoms with van der Waals surface area (Å²) in [6.07, 6.45) is 3.44. The van der Waals surface area contributed by atoms with Gasteiger partial charge in [0.15, 0.2) is 0 Å². The van der Waals surface area contributed by atoms with E-state index < -0.39 is 0 Å². The molecule has 0 bridgehead atoms. The maximum Gasteiger partial charge on any atom is 0.227 e. The van der Waals surface area contributed by atoms with Crippen LogP contribution in [0.1, 0.15) is 32.0 Å². The number of rotatable bonds is 6. The standard InChI is InChI=1S/C13H19N5O/c1-9(2)14-7-4-5-12-17-13(18-19-12)11-6-8-15-10(3)16-11/h6,8-9,14H,4-5,7H2,1-3H3. The van der Waals surface area contributed by atoms with Crippen molar-refractivity contribution in [3.05, 3.63) is 24.0 Å². The molecular weight excluding hydrogens is 242 g/mol. The molecule has 0 aliphatic heterocycles. The number of hydrogen-bond acceptors (Lipinski definition) is 6. The zero-order valence-electron chi connectivity index (χ0n) is 11.6. The van der Waals surface area contributed by atoms with E-state index in [4.69, 9.17) is 4.52 Å². The van der Waals surface area contributed by atoms with Gasteiger partial charge in [-0.15, -0.1) is 0 Å². The third-order valence-corrected chi connectivity index (χ3v) is 2.59. The van der Waals surface area contributed by atoms with Crippen LogP contribution in [0.4, 0.5) is 0 Å². The van der Waals surface area contributed by atoms with E-state index in [2.05, 4.69) is 39.3 Å². The molecule has 0 atom stereocenters. The summed E-state index contributed by atoms with van der Waals surface area (Å²) >= 11 is 0. The van der Waals surface area contributed by atoms with Crippen molar-refractivity contribution in [3.8, 4) is 11.5 Å². The second kappa shape index (κ2) is 6.38. The Morgan fingerprint density at radius 2 is 2.16 bits per heavy atom. The molecule has 2 aromatic rings. The molecule has 2 rings (SSSR count). The normalized spacial score (nSPS) is 11.2. The van der Waals surface area contributed by atoms with Gasteiger partial charge in [-0.05, 0) is 26.0 Å². The van der Waals surface area contributed by atoms with Crippen molar-refractivity contribution in [3.63, 3.8) is 0 Å². The lowest BCUT2D eigenvalue weighted by Gasteiger charge is -2.05. The summed E-state index contributed by atoms with van der Waals surface area (Å²) < 4.78 is 5.22. The maximum atomic E-state index is 5.22. The molecule has 0 amide bonds. The lowest BCUT2D eigenvalue weighted by atomic mass is 10.3. The van der Waals surface area contributed by atoms with Gasteiger partial charge in [-0.1, -0.05) is 19.0 Å². The van der Waals surface area contributed by atoms with E-state index in [1.165, 1.54) is 0 Å². The molecule has 0 unspecified atom stereocenters. The van der Waals surface area contributed by atoms with Crippen LogP contribution < -0.4 is 5.32 Å². The molecule has 19 heavy (non-hydrogen) atoms. The van der Waals surface area contributed by atoms with Crippen LogP contribution in [0.5, 0.6) is 0 Å². The van der Waals surface area contributed by atoms with Gasteiger partial charge in [0.2, 0.25) is 11.7 Å². The first-order chi connectivity index (χ1) is 9.15. The molecule has 0 radical (unpaired) electrons. The summed E-state index contributed by atoms with van der Waals surface area (Å²) in [7, 11) is 0. The molecule has 6 nitrogen and oxygen atoms in total. The summed E-state index contributed by atoms with van der Waals surface area (Å²) in [5, 5.41) is 7.30. The van der Waals surface area contributed by atoms with Crippen LogP contribution in [0.3, 0.4) is 0 Å².